The Bertz CT molecular complexity index is 672. The minimum Gasteiger partial charge on any atom is -0.377 e. The third kappa shape index (κ3) is 3.11. The van der Waals surface area contributed by atoms with Crippen molar-refractivity contribution in [3.63, 3.8) is 0 Å². The summed E-state index contributed by atoms with van der Waals surface area (Å²) in [4.78, 5) is 6.95. The van der Waals surface area contributed by atoms with Crippen molar-refractivity contribution in [2.45, 2.75) is 45.3 Å². The number of nitrogens with one attached hydrogen (secondary N) is 1. The van der Waals surface area contributed by atoms with Gasteiger partial charge in [0.15, 0.2) is 5.96 Å². The maximum Gasteiger partial charge on any atom is 0.193 e. The third-order valence-electron chi connectivity index (χ3n) is 6.62. The molecule has 2 saturated heterocycles. The topological polar surface area (TPSA) is 36.9 Å². The van der Waals surface area contributed by atoms with Gasteiger partial charge in [-0.3, -0.25) is 4.99 Å². The number of guanidine groups is 1. The number of nitrogens with zero attached hydrogens (tertiary/aromatic N) is 2. The van der Waals surface area contributed by atoms with Gasteiger partial charge in [0.2, 0.25) is 0 Å². The lowest BCUT2D eigenvalue weighted by molar-refractivity contribution is -0.107. The Kier molecular flexibility index (Phi) is 4.68. The molecule has 1 aromatic carbocycles. The summed E-state index contributed by atoms with van der Waals surface area (Å²) in [5.41, 5.74) is 1.37. The van der Waals surface area contributed by atoms with E-state index in [1.54, 1.807) is 12.1 Å². The molecule has 4 rings (SSSR count). The molecule has 0 aromatic heterocycles. The second-order valence-corrected chi connectivity index (χ2v) is 8.67. The van der Waals surface area contributed by atoms with Crippen LogP contribution in [0.4, 0.5) is 4.39 Å². The number of benzene rings is 1. The molecular weight excluding hydrogens is 329 g/mol. The molecule has 5 heteroatoms. The molecule has 3 aliphatic rings. The van der Waals surface area contributed by atoms with E-state index in [0.29, 0.717) is 24.0 Å². The number of rotatable bonds is 3. The molecule has 1 N–H and O–H groups in total. The third-order valence-corrected chi connectivity index (χ3v) is 6.62. The smallest absolute Gasteiger partial charge is 0.193 e. The van der Waals surface area contributed by atoms with Gasteiger partial charge in [0.05, 0.1) is 6.10 Å². The van der Waals surface area contributed by atoms with Crippen molar-refractivity contribution >= 4 is 5.96 Å². The minimum absolute atomic E-state index is 0.157. The highest BCUT2D eigenvalue weighted by atomic mass is 19.1. The summed E-state index contributed by atoms with van der Waals surface area (Å²) in [5, 5.41) is 3.74. The fraction of sp³-hybridized carbons (Fsp3) is 0.667. The van der Waals surface area contributed by atoms with Crippen LogP contribution in [-0.2, 0) is 11.2 Å². The lowest BCUT2D eigenvalue weighted by Crippen LogP contribution is -2.68. The number of fused-ring (bicyclic) bond motifs is 1. The normalized spacial score (nSPS) is 33.1. The summed E-state index contributed by atoms with van der Waals surface area (Å²) in [6.45, 7) is 7.52. The zero-order valence-corrected chi connectivity index (χ0v) is 16.0. The zero-order valence-electron chi connectivity index (χ0n) is 16.0. The van der Waals surface area contributed by atoms with E-state index in [1.165, 1.54) is 5.56 Å². The first-order valence-corrected chi connectivity index (χ1v) is 9.83. The van der Waals surface area contributed by atoms with Crippen LogP contribution in [-0.4, -0.2) is 49.7 Å². The number of likely N-dealkylation sites (tertiary alicyclic amines) is 1. The first-order valence-electron chi connectivity index (χ1n) is 9.83. The molecule has 1 aliphatic carbocycles. The number of aliphatic imine (C=N–C) groups is 1. The van der Waals surface area contributed by atoms with Crippen molar-refractivity contribution in [3.8, 4) is 0 Å². The Balaban J connectivity index is 1.35. The standard InChI is InChI=1S/C21H30FN3O/c1-21(2)18(17-9-11-26-19(17)21)24-20(23-3)25-10-8-15(13-25)12-14-4-6-16(22)7-5-14/h4-7,15,17-19H,8-13H2,1-3H3,(H,23,24). The van der Waals surface area contributed by atoms with E-state index in [2.05, 4.69) is 29.1 Å². The van der Waals surface area contributed by atoms with Crippen LogP contribution in [0.25, 0.3) is 0 Å². The number of halogens is 1. The molecule has 4 atom stereocenters. The lowest BCUT2D eigenvalue weighted by atomic mass is 9.57. The molecule has 0 bridgehead atoms. The molecule has 1 aromatic rings. The van der Waals surface area contributed by atoms with Gasteiger partial charge >= 0.3 is 0 Å². The predicted octanol–water partition coefficient (Wildman–Crippen LogP) is 3.08. The van der Waals surface area contributed by atoms with Gasteiger partial charge in [0.1, 0.15) is 5.82 Å². The summed E-state index contributed by atoms with van der Waals surface area (Å²) in [6.07, 6.45) is 3.70. The maximum atomic E-state index is 13.1. The Morgan fingerprint density at radius 3 is 2.81 bits per heavy atom. The highest BCUT2D eigenvalue weighted by Gasteiger charge is 2.59. The molecule has 142 valence electrons. The van der Waals surface area contributed by atoms with E-state index in [4.69, 9.17) is 4.74 Å². The zero-order chi connectivity index (χ0) is 18.3. The van der Waals surface area contributed by atoms with Gasteiger partial charge in [-0.15, -0.1) is 0 Å². The first kappa shape index (κ1) is 17.8. The van der Waals surface area contributed by atoms with Gasteiger partial charge in [-0.05, 0) is 42.9 Å². The average molecular weight is 359 g/mol. The van der Waals surface area contributed by atoms with Crippen LogP contribution in [0.5, 0.6) is 0 Å². The van der Waals surface area contributed by atoms with Crippen LogP contribution in [0.3, 0.4) is 0 Å². The molecule has 4 unspecified atom stereocenters. The number of hydrogen-bond donors (Lipinski definition) is 1. The highest BCUT2D eigenvalue weighted by Crippen LogP contribution is 2.52. The van der Waals surface area contributed by atoms with Crippen LogP contribution in [0.2, 0.25) is 0 Å². The van der Waals surface area contributed by atoms with E-state index in [0.717, 1.165) is 44.9 Å². The highest BCUT2D eigenvalue weighted by molar-refractivity contribution is 5.80. The molecule has 1 saturated carbocycles. The summed E-state index contributed by atoms with van der Waals surface area (Å²) < 4.78 is 19.0. The summed E-state index contributed by atoms with van der Waals surface area (Å²) in [6, 6.07) is 7.36. The Labute approximate surface area is 155 Å². The van der Waals surface area contributed by atoms with Gasteiger partial charge in [-0.1, -0.05) is 26.0 Å². The summed E-state index contributed by atoms with van der Waals surface area (Å²) >= 11 is 0. The molecule has 4 nitrogen and oxygen atoms in total. The fourth-order valence-corrected chi connectivity index (χ4v) is 5.20. The lowest BCUT2D eigenvalue weighted by Gasteiger charge is -2.55. The monoisotopic (exact) mass is 359 g/mol. The van der Waals surface area contributed by atoms with Crippen LogP contribution >= 0.6 is 0 Å². The van der Waals surface area contributed by atoms with E-state index >= 15 is 0 Å². The van der Waals surface area contributed by atoms with Crippen LogP contribution in [0.15, 0.2) is 29.3 Å². The largest absolute Gasteiger partial charge is 0.377 e. The summed E-state index contributed by atoms with van der Waals surface area (Å²) in [5.74, 6) is 2.06. The molecular formula is C21H30FN3O. The van der Waals surface area contributed by atoms with E-state index in [9.17, 15) is 4.39 Å². The van der Waals surface area contributed by atoms with Gasteiger partial charge in [-0.2, -0.15) is 0 Å². The summed E-state index contributed by atoms with van der Waals surface area (Å²) in [7, 11) is 1.88. The molecule has 3 fully saturated rings. The van der Waals surface area contributed by atoms with Crippen LogP contribution < -0.4 is 5.32 Å². The van der Waals surface area contributed by atoms with E-state index in [1.807, 2.05) is 19.2 Å². The van der Waals surface area contributed by atoms with Gasteiger partial charge in [0.25, 0.3) is 0 Å². The molecule has 2 heterocycles. The molecule has 0 radical (unpaired) electrons. The molecule has 2 aliphatic heterocycles. The van der Waals surface area contributed by atoms with Crippen molar-refractivity contribution in [2.24, 2.45) is 22.2 Å². The second-order valence-electron chi connectivity index (χ2n) is 8.67. The predicted molar refractivity (Wildman–Crippen MR) is 102 cm³/mol. The van der Waals surface area contributed by atoms with Gasteiger partial charge in [0, 0.05) is 44.1 Å². The van der Waals surface area contributed by atoms with E-state index < -0.39 is 0 Å². The molecule has 0 amide bonds. The van der Waals surface area contributed by atoms with Crippen molar-refractivity contribution in [1.82, 2.24) is 10.2 Å². The maximum absolute atomic E-state index is 13.1. The van der Waals surface area contributed by atoms with Crippen LogP contribution in [0, 0.1) is 23.1 Å². The molecule has 0 spiro atoms. The Hall–Kier alpha value is -1.62. The van der Waals surface area contributed by atoms with Gasteiger partial charge < -0.3 is 15.0 Å². The van der Waals surface area contributed by atoms with Crippen molar-refractivity contribution in [3.05, 3.63) is 35.6 Å². The minimum atomic E-state index is -0.163. The fourth-order valence-electron chi connectivity index (χ4n) is 5.20. The second kappa shape index (κ2) is 6.84. The van der Waals surface area contributed by atoms with Crippen LogP contribution in [0.1, 0.15) is 32.3 Å². The van der Waals surface area contributed by atoms with Gasteiger partial charge in [-0.25, -0.2) is 4.39 Å². The number of hydrogen-bond acceptors (Lipinski definition) is 2. The van der Waals surface area contributed by atoms with Crippen molar-refractivity contribution in [1.29, 1.82) is 0 Å². The quantitative estimate of drug-likeness (QED) is 0.666. The SMILES string of the molecule is CN=C(NC1C2CCOC2C1(C)C)N1CCC(Cc2ccc(F)cc2)C1. The van der Waals surface area contributed by atoms with Crippen molar-refractivity contribution in [2.75, 3.05) is 26.7 Å². The van der Waals surface area contributed by atoms with Crippen molar-refractivity contribution < 1.29 is 9.13 Å². The average Bonchev–Trinajstić information content (AvgIpc) is 3.26. The molecule has 26 heavy (non-hydrogen) atoms. The van der Waals surface area contributed by atoms with E-state index in [-0.39, 0.29) is 11.2 Å². The number of ether oxygens (including phenoxy) is 1. The Morgan fingerprint density at radius 1 is 1.31 bits per heavy atom. The first-order chi connectivity index (χ1) is 12.5. The Morgan fingerprint density at radius 2 is 2.08 bits per heavy atom.